The molecule has 0 saturated carbocycles. The number of halogens is 1. The number of hydrogen-bond acceptors (Lipinski definition) is 9. The van der Waals surface area contributed by atoms with E-state index in [-0.39, 0.29) is 51.3 Å². The first-order valence-electron chi connectivity index (χ1n) is 14.4. The number of carbonyl (C=O) groups is 2. The number of ketones is 2. The number of carbonyl (C=O) groups excluding carboxylic acids is 2. The third kappa shape index (κ3) is 5.56. The fraction of sp³-hybridized carbons (Fsp3) is 0.438. The summed E-state index contributed by atoms with van der Waals surface area (Å²) in [6.45, 7) is 10.2. The third-order valence-corrected chi connectivity index (χ3v) is 8.69. The number of nitro groups is 2. The molecule has 1 heterocycles. The van der Waals surface area contributed by atoms with Crippen LogP contribution in [-0.4, -0.2) is 40.0 Å². The van der Waals surface area contributed by atoms with Gasteiger partial charge in [0.15, 0.2) is 23.1 Å². The second kappa shape index (κ2) is 11.0. The Morgan fingerprint density at radius 3 is 1.95 bits per heavy atom. The van der Waals surface area contributed by atoms with Crippen molar-refractivity contribution in [1.82, 2.24) is 4.90 Å². The maximum atomic E-state index is 13.8. The van der Waals surface area contributed by atoms with E-state index in [1.54, 1.807) is 19.1 Å². The number of benzene rings is 2. The second-order valence-corrected chi connectivity index (χ2v) is 13.5. The summed E-state index contributed by atoms with van der Waals surface area (Å²) in [5.74, 6) is -0.889. The highest BCUT2D eigenvalue weighted by Gasteiger charge is 2.48. The van der Waals surface area contributed by atoms with E-state index >= 15 is 0 Å². The molecule has 0 amide bonds. The Kier molecular flexibility index (Phi) is 7.82. The molecule has 0 radical (unpaired) electrons. The van der Waals surface area contributed by atoms with Crippen LogP contribution in [0.1, 0.15) is 71.8 Å². The predicted molar refractivity (Wildman–Crippen MR) is 163 cm³/mol. The zero-order valence-electron chi connectivity index (χ0n) is 25.5. The Morgan fingerprint density at radius 2 is 1.45 bits per heavy atom. The first-order valence-corrected chi connectivity index (χ1v) is 14.7. The van der Waals surface area contributed by atoms with Crippen molar-refractivity contribution >= 4 is 34.5 Å². The minimum absolute atomic E-state index is 0.0299. The summed E-state index contributed by atoms with van der Waals surface area (Å²) in [7, 11) is 1.93. The third-order valence-electron chi connectivity index (χ3n) is 8.41. The Hall–Kier alpha value is -4.25. The lowest BCUT2D eigenvalue weighted by atomic mass is 9.63. The molecule has 1 aliphatic heterocycles. The maximum absolute atomic E-state index is 13.8. The van der Waals surface area contributed by atoms with Gasteiger partial charge >= 0.3 is 5.69 Å². The fourth-order valence-corrected chi connectivity index (χ4v) is 6.83. The molecule has 2 aromatic carbocycles. The van der Waals surface area contributed by atoms with Gasteiger partial charge in [0, 0.05) is 54.4 Å². The van der Waals surface area contributed by atoms with Crippen molar-refractivity contribution in [3.05, 3.63) is 83.7 Å². The number of non-ortho nitro benzene ring substituents is 1. The first-order chi connectivity index (χ1) is 20.5. The summed E-state index contributed by atoms with van der Waals surface area (Å²) < 4.78 is 11.8. The van der Waals surface area contributed by atoms with Crippen molar-refractivity contribution in [2.45, 2.75) is 66.2 Å². The second-order valence-electron chi connectivity index (χ2n) is 13.1. The van der Waals surface area contributed by atoms with E-state index in [9.17, 15) is 29.8 Å². The minimum Gasteiger partial charge on any atom is -0.490 e. The summed E-state index contributed by atoms with van der Waals surface area (Å²) in [6.07, 6.45) is 1.97. The molecule has 2 aromatic rings. The van der Waals surface area contributed by atoms with Gasteiger partial charge in [0.05, 0.1) is 27.5 Å². The van der Waals surface area contributed by atoms with E-state index in [1.165, 1.54) is 0 Å². The van der Waals surface area contributed by atoms with Crippen molar-refractivity contribution in [2.75, 3.05) is 13.7 Å². The van der Waals surface area contributed by atoms with Gasteiger partial charge in [-0.05, 0) is 54.4 Å². The number of nitro benzene ring substituents is 2. The van der Waals surface area contributed by atoms with Crippen molar-refractivity contribution in [3.63, 3.8) is 0 Å². The molecule has 232 valence electrons. The molecule has 0 saturated heterocycles. The molecule has 3 aliphatic rings. The van der Waals surface area contributed by atoms with E-state index in [2.05, 4.69) is 27.7 Å². The lowest BCUT2D eigenvalue weighted by Gasteiger charge is -2.48. The Labute approximate surface area is 259 Å². The number of nitrogens with zero attached hydrogens (tertiary/aromatic N) is 3. The molecular formula is C32H34ClN3O8. The van der Waals surface area contributed by atoms with E-state index in [0.717, 1.165) is 29.6 Å². The molecule has 5 rings (SSSR count). The lowest BCUT2D eigenvalue weighted by molar-refractivity contribution is -0.394. The normalized spacial score (nSPS) is 19.5. The highest BCUT2D eigenvalue weighted by atomic mass is 35.5. The molecule has 44 heavy (non-hydrogen) atoms. The fourth-order valence-electron chi connectivity index (χ4n) is 6.57. The molecule has 0 bridgehead atoms. The zero-order chi connectivity index (χ0) is 32.3. The quantitative estimate of drug-likeness (QED) is 0.224. The van der Waals surface area contributed by atoms with Crippen LogP contribution in [0.5, 0.6) is 17.2 Å². The number of rotatable bonds is 7. The van der Waals surface area contributed by atoms with Gasteiger partial charge in [0.1, 0.15) is 0 Å². The monoisotopic (exact) mass is 623 g/mol. The van der Waals surface area contributed by atoms with Crippen molar-refractivity contribution in [3.8, 4) is 17.2 Å². The first kappa shape index (κ1) is 31.2. The van der Waals surface area contributed by atoms with Gasteiger partial charge in [-0.2, -0.15) is 0 Å². The van der Waals surface area contributed by atoms with Gasteiger partial charge in [-0.1, -0.05) is 39.3 Å². The van der Waals surface area contributed by atoms with Crippen LogP contribution < -0.4 is 9.47 Å². The summed E-state index contributed by atoms with van der Waals surface area (Å²) in [6, 6.07) is 6.30. The number of hydrogen-bond donors (Lipinski definition) is 0. The molecule has 0 fully saturated rings. The van der Waals surface area contributed by atoms with Gasteiger partial charge < -0.3 is 14.4 Å². The van der Waals surface area contributed by atoms with E-state index in [1.807, 2.05) is 11.9 Å². The standard InChI is InChI=1S/C32H34ClN3O8/c1-7-43-26-11-17(10-19(33)30(26)44-25-9-8-18(35(39)40)12-20(25)36(41)42)27-28-21(13-31(2,3)15-23(28)37)34(6)22-14-32(4,5)16-24(38)29(22)27/h8-12,27H,7,13-16H2,1-6H3. The number of ether oxygens (including phenoxy) is 2. The van der Waals surface area contributed by atoms with Crippen LogP contribution >= 0.6 is 11.6 Å². The molecule has 12 heteroatoms. The smallest absolute Gasteiger partial charge is 0.318 e. The van der Waals surface area contributed by atoms with Crippen LogP contribution in [0, 0.1) is 31.1 Å². The molecule has 0 spiro atoms. The van der Waals surface area contributed by atoms with Crippen molar-refractivity contribution in [2.24, 2.45) is 10.8 Å². The van der Waals surface area contributed by atoms with Crippen LogP contribution in [0.4, 0.5) is 11.4 Å². The lowest BCUT2D eigenvalue weighted by Crippen LogP contribution is -2.43. The van der Waals surface area contributed by atoms with Gasteiger partial charge in [0.25, 0.3) is 5.69 Å². The topological polar surface area (TPSA) is 142 Å². The predicted octanol–water partition coefficient (Wildman–Crippen LogP) is 7.66. The number of allylic oxidation sites excluding steroid dienone is 4. The SMILES string of the molecule is CCOc1cc(C2C3=C(CC(C)(C)CC3=O)N(C)C3=C2C(=O)CC(C)(C)C3)cc(Cl)c1Oc1ccc([N+](=O)[O-])cc1[N+](=O)[O-]. The minimum atomic E-state index is -0.780. The Bertz CT molecular complexity index is 1640. The maximum Gasteiger partial charge on any atom is 0.318 e. The van der Waals surface area contributed by atoms with Crippen LogP contribution in [0.25, 0.3) is 0 Å². The van der Waals surface area contributed by atoms with E-state index in [0.29, 0.717) is 42.4 Å². The summed E-state index contributed by atoms with van der Waals surface area (Å²) in [5.41, 5.74) is 1.87. The number of Topliss-reactive ketones (excluding diaryl/α,β-unsaturated/α-hetero) is 2. The van der Waals surface area contributed by atoms with Crippen LogP contribution in [0.15, 0.2) is 52.9 Å². The van der Waals surface area contributed by atoms with Gasteiger partial charge in [-0.3, -0.25) is 29.8 Å². The zero-order valence-corrected chi connectivity index (χ0v) is 26.2. The molecule has 0 atom stereocenters. The largest absolute Gasteiger partial charge is 0.490 e. The highest BCUT2D eigenvalue weighted by Crippen LogP contribution is 2.55. The van der Waals surface area contributed by atoms with E-state index in [4.69, 9.17) is 21.1 Å². The summed E-state index contributed by atoms with van der Waals surface area (Å²) >= 11 is 6.80. The van der Waals surface area contributed by atoms with Crippen LogP contribution in [0.2, 0.25) is 5.02 Å². The van der Waals surface area contributed by atoms with Crippen LogP contribution in [0.3, 0.4) is 0 Å². The molecule has 0 unspecified atom stereocenters. The van der Waals surface area contributed by atoms with Gasteiger partial charge in [-0.15, -0.1) is 0 Å². The van der Waals surface area contributed by atoms with Gasteiger partial charge in [0.2, 0.25) is 5.75 Å². The van der Waals surface area contributed by atoms with Crippen molar-refractivity contribution < 1.29 is 28.9 Å². The Morgan fingerprint density at radius 1 is 0.886 bits per heavy atom. The average Bonchev–Trinajstić information content (AvgIpc) is 2.90. The average molecular weight is 624 g/mol. The molecule has 2 aliphatic carbocycles. The molecule has 11 nitrogen and oxygen atoms in total. The Balaban J connectivity index is 1.69. The summed E-state index contributed by atoms with van der Waals surface area (Å²) in [4.78, 5) is 51.2. The highest BCUT2D eigenvalue weighted by molar-refractivity contribution is 6.32. The summed E-state index contributed by atoms with van der Waals surface area (Å²) in [5, 5.41) is 23.0. The molecule has 0 N–H and O–H groups in total. The molecule has 0 aromatic heterocycles. The van der Waals surface area contributed by atoms with Crippen LogP contribution in [-0.2, 0) is 9.59 Å². The molecular weight excluding hydrogens is 590 g/mol. The van der Waals surface area contributed by atoms with E-state index < -0.39 is 27.1 Å². The van der Waals surface area contributed by atoms with Gasteiger partial charge in [-0.25, -0.2) is 0 Å². The van der Waals surface area contributed by atoms with Crippen molar-refractivity contribution in [1.29, 1.82) is 0 Å².